The summed E-state index contributed by atoms with van der Waals surface area (Å²) in [5.74, 6) is -2.09. The van der Waals surface area contributed by atoms with Gasteiger partial charge in [-0.15, -0.1) is 0 Å². The Morgan fingerprint density at radius 1 is 0.220 bits per heavy atom. The first-order valence-corrected chi connectivity index (χ1v) is 49.8. The van der Waals surface area contributed by atoms with E-state index in [1.807, 2.05) is 0 Å². The van der Waals surface area contributed by atoms with Gasteiger partial charge in [-0.2, -0.15) is 0 Å². The Balaban J connectivity index is 5.26. The lowest BCUT2D eigenvalue weighted by Crippen LogP contribution is -2.30. The molecule has 0 aliphatic heterocycles. The summed E-state index contributed by atoms with van der Waals surface area (Å²) in [6, 6.07) is 0. The highest BCUT2D eigenvalue weighted by atomic mass is 31.2. The first kappa shape index (κ1) is 107. The van der Waals surface area contributed by atoms with Crippen molar-refractivity contribution in [3.8, 4) is 0 Å². The molecule has 0 radical (unpaired) electrons. The predicted molar refractivity (Wildman–Crippen MR) is 451 cm³/mol. The highest BCUT2D eigenvalue weighted by Crippen LogP contribution is 2.45. The van der Waals surface area contributed by atoms with Gasteiger partial charge in [0, 0.05) is 25.7 Å². The molecule has 0 amide bonds. The van der Waals surface area contributed by atoms with Crippen LogP contribution in [0.3, 0.4) is 0 Å². The maximum Gasteiger partial charge on any atom is 0.472 e. The van der Waals surface area contributed by atoms with Crippen LogP contribution in [0.25, 0.3) is 0 Å². The SMILES string of the molecule is CCCCCCCCCCCCCCCCCCCCCCC(=O)O[C@H](COC(=O)CCCCCCCCCCCCCCCCCCCC)COP(=O)(O)OC[C@@H](O)COP(=O)(O)OC[C@@H](COC(=O)CCCCCCCCCCCCCCC)OC(=O)CCCCCCCCCCCCCCCCCCCC. The number of ether oxygens (including phenoxy) is 4. The highest BCUT2D eigenvalue weighted by molar-refractivity contribution is 7.47. The number of aliphatic hydroxyl groups is 1. The van der Waals surface area contributed by atoms with Gasteiger partial charge in [0.1, 0.15) is 19.3 Å². The highest BCUT2D eigenvalue weighted by Gasteiger charge is 2.30. The average molecular weight is 1590 g/mol. The molecule has 0 saturated heterocycles. The van der Waals surface area contributed by atoms with Gasteiger partial charge in [-0.05, 0) is 25.7 Å². The molecule has 5 atom stereocenters. The molecule has 19 heteroatoms. The minimum absolute atomic E-state index is 0.110. The third kappa shape index (κ3) is 83.8. The lowest BCUT2D eigenvalue weighted by molar-refractivity contribution is -0.161. The lowest BCUT2D eigenvalue weighted by Gasteiger charge is -2.21. The second-order valence-corrected chi connectivity index (χ2v) is 35.3. The fourth-order valence-corrected chi connectivity index (χ4v) is 15.8. The van der Waals surface area contributed by atoms with Gasteiger partial charge in [-0.25, -0.2) is 9.13 Å². The molecule has 0 rings (SSSR count). The summed E-state index contributed by atoms with van der Waals surface area (Å²) in [7, 11) is -9.93. The fourth-order valence-electron chi connectivity index (χ4n) is 14.2. The number of hydrogen-bond acceptors (Lipinski definition) is 15. The second-order valence-electron chi connectivity index (χ2n) is 32.3. The van der Waals surface area contributed by atoms with E-state index in [-0.39, 0.29) is 25.7 Å². The summed E-state index contributed by atoms with van der Waals surface area (Å²) in [5, 5.41) is 10.7. The molecular formula is C90H176O17P2. The molecule has 2 unspecified atom stereocenters. The number of phosphoric acid groups is 2. The van der Waals surface area contributed by atoms with Gasteiger partial charge in [0.2, 0.25) is 0 Å². The minimum atomic E-state index is -4.97. The molecule has 0 heterocycles. The van der Waals surface area contributed by atoms with E-state index in [0.29, 0.717) is 25.7 Å². The van der Waals surface area contributed by atoms with Gasteiger partial charge in [0.05, 0.1) is 26.4 Å². The standard InChI is InChI=1S/C90H176O17P2/c1-5-9-13-17-21-25-29-33-36-39-42-43-46-49-53-57-61-65-69-73-77-90(95)107-86(81-101-88(93)75-71-67-63-59-55-51-47-44-40-37-34-30-26-22-18-14-10-6-2)83-105-109(98,99)103-79-84(91)78-102-108(96,97)104-82-85(80-100-87(92)74-70-66-62-58-54-50-32-28-24-20-16-12-8-4)106-89(94)76-72-68-64-60-56-52-48-45-41-38-35-31-27-23-19-15-11-7-3/h84-86,91H,5-83H2,1-4H3,(H,96,97)(H,98,99)/t84-,85+,86+/m0/s1. The predicted octanol–water partition coefficient (Wildman–Crippen LogP) is 28.1. The Bertz CT molecular complexity index is 2050. The van der Waals surface area contributed by atoms with E-state index in [1.54, 1.807) is 0 Å². The Morgan fingerprint density at radius 2 is 0.367 bits per heavy atom. The molecule has 17 nitrogen and oxygen atoms in total. The Labute approximate surface area is 670 Å². The normalized spacial score (nSPS) is 13.6. The number of rotatable bonds is 91. The van der Waals surface area contributed by atoms with Gasteiger partial charge < -0.3 is 33.8 Å². The molecule has 0 spiro atoms. The van der Waals surface area contributed by atoms with E-state index < -0.39 is 97.5 Å². The molecule has 648 valence electrons. The van der Waals surface area contributed by atoms with E-state index in [1.165, 1.54) is 327 Å². The largest absolute Gasteiger partial charge is 0.472 e. The average Bonchev–Trinajstić information content (AvgIpc) is 0.894. The van der Waals surface area contributed by atoms with Crippen molar-refractivity contribution in [2.24, 2.45) is 0 Å². The molecule has 0 aliphatic rings. The maximum absolute atomic E-state index is 13.2. The van der Waals surface area contributed by atoms with Crippen molar-refractivity contribution < 1.29 is 80.2 Å². The molecule has 109 heavy (non-hydrogen) atoms. The summed E-state index contributed by atoms with van der Waals surface area (Å²) in [6.07, 6.45) is 80.5. The Hall–Kier alpha value is -1.94. The smallest absolute Gasteiger partial charge is 0.462 e. The van der Waals surface area contributed by atoms with E-state index in [2.05, 4.69) is 27.7 Å². The number of esters is 4. The zero-order chi connectivity index (χ0) is 79.6. The lowest BCUT2D eigenvalue weighted by atomic mass is 10.0. The number of carbonyl (C=O) groups excluding carboxylic acids is 4. The van der Waals surface area contributed by atoms with Crippen LogP contribution in [0.1, 0.15) is 496 Å². The first-order valence-electron chi connectivity index (χ1n) is 46.8. The quantitative estimate of drug-likeness (QED) is 0.0222. The van der Waals surface area contributed by atoms with E-state index >= 15 is 0 Å². The molecule has 0 fully saturated rings. The van der Waals surface area contributed by atoms with Crippen LogP contribution in [0.4, 0.5) is 0 Å². The number of phosphoric ester groups is 2. The molecule has 0 aromatic carbocycles. The number of unbranched alkanes of at least 4 members (excludes halogenated alkanes) is 65. The molecule has 0 aromatic rings. The van der Waals surface area contributed by atoms with Crippen LogP contribution in [-0.4, -0.2) is 96.7 Å². The van der Waals surface area contributed by atoms with Gasteiger partial charge in [0.25, 0.3) is 0 Å². The number of hydrogen-bond donors (Lipinski definition) is 3. The van der Waals surface area contributed by atoms with Crippen LogP contribution in [0.15, 0.2) is 0 Å². The van der Waals surface area contributed by atoms with Crippen LogP contribution in [0.2, 0.25) is 0 Å². The summed E-state index contributed by atoms with van der Waals surface area (Å²) < 4.78 is 69.1. The molecule has 0 aliphatic carbocycles. The fraction of sp³-hybridized carbons (Fsp3) is 0.956. The molecule has 3 N–H and O–H groups in total. The second kappa shape index (κ2) is 84.0. The van der Waals surface area contributed by atoms with Crippen LogP contribution in [-0.2, 0) is 65.4 Å². The maximum atomic E-state index is 13.2. The molecule has 0 aromatic heterocycles. The Morgan fingerprint density at radius 3 is 0.541 bits per heavy atom. The zero-order valence-electron chi connectivity index (χ0n) is 71.5. The van der Waals surface area contributed by atoms with Gasteiger partial charge in [0.15, 0.2) is 12.2 Å². The van der Waals surface area contributed by atoms with Crippen LogP contribution >= 0.6 is 15.6 Å². The van der Waals surface area contributed by atoms with Crippen LogP contribution in [0.5, 0.6) is 0 Å². The summed E-state index contributed by atoms with van der Waals surface area (Å²) in [6.45, 7) is 5.09. The third-order valence-corrected chi connectivity index (χ3v) is 23.3. The van der Waals surface area contributed by atoms with Crippen LogP contribution in [0, 0.1) is 0 Å². The molecule has 0 bridgehead atoms. The number of carbonyl (C=O) groups is 4. The van der Waals surface area contributed by atoms with Crippen molar-refractivity contribution in [1.82, 2.24) is 0 Å². The third-order valence-electron chi connectivity index (χ3n) is 21.4. The van der Waals surface area contributed by atoms with Crippen molar-refractivity contribution in [1.29, 1.82) is 0 Å². The van der Waals surface area contributed by atoms with Gasteiger partial charge in [-0.1, -0.05) is 445 Å². The van der Waals surface area contributed by atoms with Gasteiger partial charge >= 0.3 is 39.5 Å². The van der Waals surface area contributed by atoms with E-state index in [9.17, 15) is 43.2 Å². The van der Waals surface area contributed by atoms with Crippen molar-refractivity contribution in [3.63, 3.8) is 0 Å². The van der Waals surface area contributed by atoms with Crippen molar-refractivity contribution >= 4 is 39.5 Å². The van der Waals surface area contributed by atoms with Gasteiger partial charge in [-0.3, -0.25) is 37.3 Å². The molecule has 0 saturated carbocycles. The minimum Gasteiger partial charge on any atom is -0.462 e. The first-order chi connectivity index (χ1) is 53.2. The monoisotopic (exact) mass is 1590 g/mol. The van der Waals surface area contributed by atoms with E-state index in [4.69, 9.17) is 37.0 Å². The van der Waals surface area contributed by atoms with Crippen LogP contribution < -0.4 is 0 Å². The van der Waals surface area contributed by atoms with Crippen molar-refractivity contribution in [2.75, 3.05) is 39.6 Å². The van der Waals surface area contributed by atoms with Crippen molar-refractivity contribution in [3.05, 3.63) is 0 Å². The van der Waals surface area contributed by atoms with E-state index in [0.717, 1.165) is 89.9 Å². The summed E-state index contributed by atoms with van der Waals surface area (Å²) in [5.41, 5.74) is 0. The summed E-state index contributed by atoms with van der Waals surface area (Å²) in [4.78, 5) is 73.4. The molecular weight excluding hydrogens is 1410 g/mol. The summed E-state index contributed by atoms with van der Waals surface area (Å²) >= 11 is 0. The topological polar surface area (TPSA) is 237 Å². The number of aliphatic hydroxyl groups excluding tert-OH is 1. The Kier molecular flexibility index (Phi) is 82.5. The van der Waals surface area contributed by atoms with Crippen molar-refractivity contribution in [2.45, 2.75) is 515 Å². The zero-order valence-corrected chi connectivity index (χ0v) is 73.3.